The summed E-state index contributed by atoms with van der Waals surface area (Å²) >= 11 is 0. The van der Waals surface area contributed by atoms with Gasteiger partial charge in [0.05, 0.1) is 24.3 Å². The second-order valence-corrected chi connectivity index (χ2v) is 4.43. The van der Waals surface area contributed by atoms with E-state index in [-0.39, 0.29) is 6.04 Å². The van der Waals surface area contributed by atoms with Gasteiger partial charge >= 0.3 is 0 Å². The molecular formula is C13H16N4O2. The van der Waals surface area contributed by atoms with E-state index in [4.69, 9.17) is 15.3 Å². The summed E-state index contributed by atoms with van der Waals surface area (Å²) in [5, 5.41) is 0. The minimum Gasteiger partial charge on any atom is -0.486 e. The predicted molar refractivity (Wildman–Crippen MR) is 69.8 cm³/mol. The Morgan fingerprint density at radius 1 is 1.32 bits per heavy atom. The molecule has 1 aliphatic rings. The predicted octanol–water partition coefficient (Wildman–Crippen LogP) is 0.744. The van der Waals surface area contributed by atoms with E-state index in [1.165, 1.54) is 0 Å². The van der Waals surface area contributed by atoms with Crippen LogP contribution in [0.1, 0.15) is 17.3 Å². The summed E-state index contributed by atoms with van der Waals surface area (Å²) in [4.78, 5) is 4.12. The average molecular weight is 260 g/mol. The lowest BCUT2D eigenvalue weighted by Gasteiger charge is -2.22. The van der Waals surface area contributed by atoms with Crippen molar-refractivity contribution in [2.75, 3.05) is 13.2 Å². The van der Waals surface area contributed by atoms with E-state index in [1.54, 1.807) is 12.5 Å². The lowest BCUT2D eigenvalue weighted by atomic mass is 10.0. The van der Waals surface area contributed by atoms with E-state index in [0.717, 1.165) is 22.8 Å². The van der Waals surface area contributed by atoms with Crippen LogP contribution in [0.15, 0.2) is 30.7 Å². The molecule has 3 rings (SSSR count). The summed E-state index contributed by atoms with van der Waals surface area (Å²) in [5.74, 6) is 7.21. The molecule has 0 fully saturated rings. The Bertz CT molecular complexity index is 582. The molecule has 1 aliphatic heterocycles. The fraction of sp³-hybridized carbons (Fsp3) is 0.308. The fourth-order valence-corrected chi connectivity index (χ4v) is 2.24. The molecule has 6 nitrogen and oxygen atoms in total. The largest absolute Gasteiger partial charge is 0.486 e. The third-order valence-corrected chi connectivity index (χ3v) is 3.22. The SMILES string of the molecule is Cn1cncc1C(NN)c1ccc2c(c1)OCCO2. The number of imidazole rings is 1. The molecule has 1 unspecified atom stereocenters. The minimum atomic E-state index is -0.136. The Labute approximate surface area is 111 Å². The van der Waals surface area contributed by atoms with Gasteiger partial charge in [0.2, 0.25) is 0 Å². The van der Waals surface area contributed by atoms with Gasteiger partial charge in [0, 0.05) is 7.05 Å². The maximum Gasteiger partial charge on any atom is 0.161 e. The standard InChI is InChI=1S/C13H16N4O2/c1-17-8-15-7-10(17)13(16-14)9-2-3-11-12(6-9)19-5-4-18-11/h2-3,6-8,13,16H,4-5,14H2,1H3. The van der Waals surface area contributed by atoms with E-state index in [0.29, 0.717) is 13.2 Å². The van der Waals surface area contributed by atoms with Gasteiger partial charge in [-0.2, -0.15) is 0 Å². The highest BCUT2D eigenvalue weighted by atomic mass is 16.6. The van der Waals surface area contributed by atoms with E-state index in [1.807, 2.05) is 29.8 Å². The molecular weight excluding hydrogens is 244 g/mol. The Morgan fingerprint density at radius 2 is 2.11 bits per heavy atom. The zero-order valence-corrected chi connectivity index (χ0v) is 10.7. The van der Waals surface area contributed by atoms with Crippen molar-refractivity contribution in [3.8, 4) is 11.5 Å². The van der Waals surface area contributed by atoms with Gasteiger partial charge in [-0.25, -0.2) is 10.4 Å². The molecule has 0 amide bonds. The first kappa shape index (κ1) is 12.0. The highest BCUT2D eigenvalue weighted by Crippen LogP contribution is 2.33. The number of rotatable bonds is 3. The first-order valence-corrected chi connectivity index (χ1v) is 6.11. The molecule has 0 saturated heterocycles. The zero-order chi connectivity index (χ0) is 13.2. The Kier molecular flexibility index (Phi) is 3.10. The number of benzene rings is 1. The minimum absolute atomic E-state index is 0.136. The second-order valence-electron chi connectivity index (χ2n) is 4.43. The molecule has 1 atom stereocenters. The lowest BCUT2D eigenvalue weighted by Crippen LogP contribution is -2.30. The number of hydrogen-bond acceptors (Lipinski definition) is 5. The molecule has 2 heterocycles. The van der Waals surface area contributed by atoms with E-state index < -0.39 is 0 Å². The highest BCUT2D eigenvalue weighted by molar-refractivity contribution is 5.45. The molecule has 3 N–H and O–H groups in total. The summed E-state index contributed by atoms with van der Waals surface area (Å²) in [6.07, 6.45) is 3.54. The number of hydrazine groups is 1. The number of aromatic nitrogens is 2. The van der Waals surface area contributed by atoms with Crippen molar-refractivity contribution in [3.05, 3.63) is 42.0 Å². The number of aryl methyl sites for hydroxylation is 1. The first-order chi connectivity index (χ1) is 9.29. The number of nitrogens with one attached hydrogen (secondary N) is 1. The monoisotopic (exact) mass is 260 g/mol. The molecule has 100 valence electrons. The average Bonchev–Trinajstić information content (AvgIpc) is 2.86. The van der Waals surface area contributed by atoms with Gasteiger partial charge in [0.25, 0.3) is 0 Å². The molecule has 0 saturated carbocycles. The van der Waals surface area contributed by atoms with Crippen LogP contribution in [0.25, 0.3) is 0 Å². The molecule has 6 heteroatoms. The maximum absolute atomic E-state index is 5.68. The number of ether oxygens (including phenoxy) is 2. The molecule has 1 aromatic heterocycles. The van der Waals surface area contributed by atoms with Crippen LogP contribution in [0.4, 0.5) is 0 Å². The Balaban J connectivity index is 1.98. The molecule has 0 bridgehead atoms. The van der Waals surface area contributed by atoms with Gasteiger partial charge in [-0.15, -0.1) is 0 Å². The summed E-state index contributed by atoms with van der Waals surface area (Å²) in [7, 11) is 1.94. The van der Waals surface area contributed by atoms with Crippen molar-refractivity contribution in [1.82, 2.24) is 15.0 Å². The zero-order valence-electron chi connectivity index (χ0n) is 10.7. The highest BCUT2D eigenvalue weighted by Gasteiger charge is 2.19. The van der Waals surface area contributed by atoms with Crippen LogP contribution in [0.3, 0.4) is 0 Å². The molecule has 0 radical (unpaired) electrons. The third-order valence-electron chi connectivity index (χ3n) is 3.22. The van der Waals surface area contributed by atoms with Gasteiger partial charge in [-0.3, -0.25) is 5.84 Å². The molecule has 0 aliphatic carbocycles. The van der Waals surface area contributed by atoms with Crippen LogP contribution in [0.5, 0.6) is 11.5 Å². The van der Waals surface area contributed by atoms with Crippen molar-refractivity contribution in [3.63, 3.8) is 0 Å². The number of nitrogens with two attached hydrogens (primary N) is 1. The van der Waals surface area contributed by atoms with Crippen LogP contribution in [-0.4, -0.2) is 22.8 Å². The quantitative estimate of drug-likeness (QED) is 0.629. The maximum atomic E-state index is 5.68. The third kappa shape index (κ3) is 2.16. The molecule has 0 spiro atoms. The van der Waals surface area contributed by atoms with Crippen LogP contribution in [0.2, 0.25) is 0 Å². The van der Waals surface area contributed by atoms with Crippen molar-refractivity contribution in [1.29, 1.82) is 0 Å². The van der Waals surface area contributed by atoms with Crippen molar-refractivity contribution < 1.29 is 9.47 Å². The number of fused-ring (bicyclic) bond motifs is 1. The van der Waals surface area contributed by atoms with Crippen LogP contribution < -0.4 is 20.7 Å². The van der Waals surface area contributed by atoms with Gasteiger partial charge in [0.1, 0.15) is 13.2 Å². The van der Waals surface area contributed by atoms with Crippen molar-refractivity contribution in [2.24, 2.45) is 12.9 Å². The summed E-state index contributed by atoms with van der Waals surface area (Å²) in [5.41, 5.74) is 4.81. The Hall–Kier alpha value is -2.05. The van der Waals surface area contributed by atoms with E-state index in [2.05, 4.69) is 10.4 Å². The lowest BCUT2D eigenvalue weighted by molar-refractivity contribution is 0.171. The fourth-order valence-electron chi connectivity index (χ4n) is 2.24. The second kappa shape index (κ2) is 4.91. The Morgan fingerprint density at radius 3 is 2.79 bits per heavy atom. The number of hydrogen-bond donors (Lipinski definition) is 2. The normalized spacial score (nSPS) is 15.3. The van der Waals surface area contributed by atoms with Crippen LogP contribution in [0, 0.1) is 0 Å². The van der Waals surface area contributed by atoms with Crippen molar-refractivity contribution >= 4 is 0 Å². The van der Waals surface area contributed by atoms with Gasteiger partial charge in [0.15, 0.2) is 11.5 Å². The number of nitrogens with zero attached hydrogens (tertiary/aromatic N) is 2. The van der Waals surface area contributed by atoms with Crippen LogP contribution in [-0.2, 0) is 7.05 Å². The molecule has 19 heavy (non-hydrogen) atoms. The summed E-state index contributed by atoms with van der Waals surface area (Å²) in [6, 6.07) is 5.70. The van der Waals surface area contributed by atoms with E-state index in [9.17, 15) is 0 Å². The summed E-state index contributed by atoms with van der Waals surface area (Å²) in [6.45, 7) is 1.16. The van der Waals surface area contributed by atoms with E-state index >= 15 is 0 Å². The van der Waals surface area contributed by atoms with Crippen molar-refractivity contribution in [2.45, 2.75) is 6.04 Å². The van der Waals surface area contributed by atoms with Gasteiger partial charge in [-0.05, 0) is 17.7 Å². The smallest absolute Gasteiger partial charge is 0.161 e. The van der Waals surface area contributed by atoms with Gasteiger partial charge < -0.3 is 14.0 Å². The first-order valence-electron chi connectivity index (χ1n) is 6.11. The summed E-state index contributed by atoms with van der Waals surface area (Å²) < 4.78 is 13.0. The van der Waals surface area contributed by atoms with Gasteiger partial charge in [-0.1, -0.05) is 6.07 Å². The topological polar surface area (TPSA) is 74.3 Å². The molecule has 1 aromatic carbocycles. The molecule has 2 aromatic rings. The van der Waals surface area contributed by atoms with Crippen LogP contribution >= 0.6 is 0 Å².